The van der Waals surface area contributed by atoms with E-state index in [0.717, 1.165) is 19.3 Å². The molecule has 1 saturated carbocycles. The first-order valence-electron chi connectivity index (χ1n) is 5.59. The van der Waals surface area contributed by atoms with Gasteiger partial charge in [0, 0.05) is 12.6 Å². The molecule has 0 aromatic rings. The number of nitrogens with one attached hydrogen (secondary N) is 1. The van der Waals surface area contributed by atoms with Gasteiger partial charge in [0.2, 0.25) is 0 Å². The van der Waals surface area contributed by atoms with E-state index >= 15 is 0 Å². The molecule has 4 heteroatoms. The second-order valence-corrected chi connectivity index (χ2v) is 5.32. The van der Waals surface area contributed by atoms with Crippen LogP contribution in [-0.4, -0.2) is 24.3 Å². The van der Waals surface area contributed by atoms with Crippen molar-refractivity contribution >= 4 is 6.09 Å². The van der Waals surface area contributed by atoms with Crippen molar-refractivity contribution in [3.8, 4) is 0 Å². The van der Waals surface area contributed by atoms with Gasteiger partial charge in [0.15, 0.2) is 0 Å². The van der Waals surface area contributed by atoms with E-state index in [0.29, 0.717) is 18.5 Å². The molecule has 0 aromatic heterocycles. The third-order valence-electron chi connectivity index (χ3n) is 2.52. The quantitative estimate of drug-likeness (QED) is 0.734. The van der Waals surface area contributed by atoms with Crippen LogP contribution in [0.1, 0.15) is 40.0 Å². The third kappa shape index (κ3) is 5.02. The number of hydrogen-bond donors (Lipinski definition) is 2. The van der Waals surface area contributed by atoms with E-state index in [9.17, 15) is 4.79 Å². The molecule has 0 saturated heterocycles. The van der Waals surface area contributed by atoms with Crippen LogP contribution < -0.4 is 11.1 Å². The topological polar surface area (TPSA) is 64.3 Å². The van der Waals surface area contributed by atoms with Gasteiger partial charge in [-0.25, -0.2) is 4.79 Å². The Morgan fingerprint density at radius 1 is 1.47 bits per heavy atom. The standard InChI is InChI=1S/C11H22N2O2/c1-11(2,3)15-10(14)13-7-8-4-5-9(12)6-8/h8-9H,4-7,12H2,1-3H3,(H,13,14)/t8-,9+/m1/s1. The molecule has 1 aliphatic rings. The van der Waals surface area contributed by atoms with Crippen LogP contribution in [0.3, 0.4) is 0 Å². The highest BCUT2D eigenvalue weighted by molar-refractivity contribution is 5.67. The normalized spacial score (nSPS) is 26.4. The Morgan fingerprint density at radius 3 is 2.60 bits per heavy atom. The fraction of sp³-hybridized carbons (Fsp3) is 0.909. The molecular formula is C11H22N2O2. The monoisotopic (exact) mass is 214 g/mol. The van der Waals surface area contributed by atoms with E-state index in [1.807, 2.05) is 20.8 Å². The van der Waals surface area contributed by atoms with E-state index in [1.165, 1.54) is 0 Å². The molecule has 1 aliphatic carbocycles. The number of carbonyl (C=O) groups excluding carboxylic acids is 1. The Bertz CT molecular complexity index is 223. The lowest BCUT2D eigenvalue weighted by atomic mass is 10.1. The number of carbonyl (C=O) groups is 1. The predicted molar refractivity (Wildman–Crippen MR) is 59.6 cm³/mol. The lowest BCUT2D eigenvalue weighted by Crippen LogP contribution is -2.35. The number of hydrogen-bond acceptors (Lipinski definition) is 3. The molecule has 4 nitrogen and oxygen atoms in total. The highest BCUT2D eigenvalue weighted by Gasteiger charge is 2.23. The maximum absolute atomic E-state index is 11.3. The first kappa shape index (κ1) is 12.3. The zero-order valence-corrected chi connectivity index (χ0v) is 9.88. The minimum atomic E-state index is -0.420. The van der Waals surface area contributed by atoms with Crippen LogP contribution in [0.4, 0.5) is 4.79 Å². The van der Waals surface area contributed by atoms with Crippen LogP contribution in [0.2, 0.25) is 0 Å². The summed E-state index contributed by atoms with van der Waals surface area (Å²) in [6.07, 6.45) is 2.86. The SMILES string of the molecule is CC(C)(C)OC(=O)NC[C@@H]1CC[C@H](N)C1. The van der Waals surface area contributed by atoms with Crippen LogP contribution in [-0.2, 0) is 4.74 Å². The number of alkyl carbamates (subject to hydrolysis) is 1. The number of nitrogens with two attached hydrogens (primary N) is 1. The van der Waals surface area contributed by atoms with Crippen LogP contribution in [0, 0.1) is 5.92 Å². The number of ether oxygens (including phenoxy) is 1. The van der Waals surface area contributed by atoms with Gasteiger partial charge in [-0.2, -0.15) is 0 Å². The highest BCUT2D eigenvalue weighted by atomic mass is 16.6. The van der Waals surface area contributed by atoms with Gasteiger partial charge < -0.3 is 15.8 Å². The van der Waals surface area contributed by atoms with Gasteiger partial charge in [0.05, 0.1) is 0 Å². The summed E-state index contributed by atoms with van der Waals surface area (Å²) in [6.45, 7) is 6.26. The molecule has 0 heterocycles. The Hall–Kier alpha value is -0.770. The molecule has 0 aliphatic heterocycles. The summed E-state index contributed by atoms with van der Waals surface area (Å²) in [6, 6.07) is 0.315. The fourth-order valence-corrected chi connectivity index (χ4v) is 1.84. The Balaban J connectivity index is 2.17. The van der Waals surface area contributed by atoms with Gasteiger partial charge in [-0.05, 0) is 46.0 Å². The summed E-state index contributed by atoms with van der Waals surface area (Å²) in [4.78, 5) is 11.3. The lowest BCUT2D eigenvalue weighted by Gasteiger charge is -2.20. The van der Waals surface area contributed by atoms with Crippen molar-refractivity contribution in [2.45, 2.75) is 51.7 Å². The van der Waals surface area contributed by atoms with Crippen molar-refractivity contribution in [3.63, 3.8) is 0 Å². The average molecular weight is 214 g/mol. The molecule has 0 radical (unpaired) electrons. The molecule has 3 N–H and O–H groups in total. The Morgan fingerprint density at radius 2 is 2.13 bits per heavy atom. The summed E-state index contributed by atoms with van der Waals surface area (Å²) < 4.78 is 5.14. The molecule has 0 spiro atoms. The average Bonchev–Trinajstić information content (AvgIpc) is 2.45. The molecule has 1 fully saturated rings. The van der Waals surface area contributed by atoms with E-state index in [1.54, 1.807) is 0 Å². The maximum Gasteiger partial charge on any atom is 0.407 e. The molecule has 2 atom stereocenters. The smallest absolute Gasteiger partial charge is 0.407 e. The first-order chi connectivity index (χ1) is 6.87. The molecule has 1 amide bonds. The van der Waals surface area contributed by atoms with Crippen molar-refractivity contribution in [1.29, 1.82) is 0 Å². The molecule has 0 aromatic carbocycles. The van der Waals surface area contributed by atoms with E-state index in [4.69, 9.17) is 10.5 Å². The zero-order valence-electron chi connectivity index (χ0n) is 9.88. The van der Waals surface area contributed by atoms with Gasteiger partial charge in [-0.15, -0.1) is 0 Å². The van der Waals surface area contributed by atoms with Crippen molar-refractivity contribution < 1.29 is 9.53 Å². The van der Waals surface area contributed by atoms with Crippen LogP contribution >= 0.6 is 0 Å². The summed E-state index contributed by atoms with van der Waals surface area (Å²) in [5.74, 6) is 0.521. The second kappa shape index (κ2) is 4.84. The summed E-state index contributed by atoms with van der Waals surface area (Å²) in [7, 11) is 0. The van der Waals surface area contributed by atoms with E-state index in [-0.39, 0.29) is 6.09 Å². The Kier molecular flexibility index (Phi) is 3.97. The van der Waals surface area contributed by atoms with Crippen molar-refractivity contribution in [3.05, 3.63) is 0 Å². The minimum absolute atomic E-state index is 0.315. The van der Waals surface area contributed by atoms with Crippen LogP contribution in [0.15, 0.2) is 0 Å². The van der Waals surface area contributed by atoms with Gasteiger partial charge in [-0.3, -0.25) is 0 Å². The number of amides is 1. The highest BCUT2D eigenvalue weighted by Crippen LogP contribution is 2.23. The molecule has 15 heavy (non-hydrogen) atoms. The van der Waals surface area contributed by atoms with Gasteiger partial charge in [0.25, 0.3) is 0 Å². The predicted octanol–water partition coefficient (Wildman–Crippen LogP) is 1.64. The van der Waals surface area contributed by atoms with Crippen molar-refractivity contribution in [2.75, 3.05) is 6.54 Å². The lowest BCUT2D eigenvalue weighted by molar-refractivity contribution is 0.0519. The summed E-state index contributed by atoms with van der Waals surface area (Å²) >= 11 is 0. The van der Waals surface area contributed by atoms with Crippen LogP contribution in [0.25, 0.3) is 0 Å². The number of rotatable bonds is 2. The van der Waals surface area contributed by atoms with Gasteiger partial charge >= 0.3 is 6.09 Å². The van der Waals surface area contributed by atoms with Crippen molar-refractivity contribution in [1.82, 2.24) is 5.32 Å². The Labute approximate surface area is 91.5 Å². The molecule has 88 valence electrons. The van der Waals surface area contributed by atoms with Crippen molar-refractivity contribution in [2.24, 2.45) is 11.7 Å². The van der Waals surface area contributed by atoms with Gasteiger partial charge in [0.1, 0.15) is 5.60 Å². The summed E-state index contributed by atoms with van der Waals surface area (Å²) in [5.41, 5.74) is 5.37. The van der Waals surface area contributed by atoms with Gasteiger partial charge in [-0.1, -0.05) is 0 Å². The van der Waals surface area contributed by atoms with E-state index < -0.39 is 5.60 Å². The van der Waals surface area contributed by atoms with Crippen LogP contribution in [0.5, 0.6) is 0 Å². The molecule has 0 bridgehead atoms. The molecule has 0 unspecified atom stereocenters. The second-order valence-electron chi connectivity index (χ2n) is 5.32. The minimum Gasteiger partial charge on any atom is -0.444 e. The summed E-state index contributed by atoms with van der Waals surface area (Å²) in [5, 5.41) is 2.78. The fourth-order valence-electron chi connectivity index (χ4n) is 1.84. The molecular weight excluding hydrogens is 192 g/mol. The first-order valence-corrected chi connectivity index (χ1v) is 5.59. The largest absolute Gasteiger partial charge is 0.444 e. The van der Waals surface area contributed by atoms with E-state index in [2.05, 4.69) is 5.32 Å². The maximum atomic E-state index is 11.3. The third-order valence-corrected chi connectivity index (χ3v) is 2.52. The zero-order chi connectivity index (χ0) is 11.5. The molecule has 1 rings (SSSR count).